The van der Waals surface area contributed by atoms with Crippen LogP contribution in [0, 0.1) is 5.92 Å². The van der Waals surface area contributed by atoms with Crippen molar-refractivity contribution in [2.75, 3.05) is 13.2 Å². The van der Waals surface area contributed by atoms with Crippen molar-refractivity contribution >= 4 is 14.3 Å². The van der Waals surface area contributed by atoms with E-state index in [0.29, 0.717) is 6.61 Å². The molecule has 5 atom stereocenters. The molecule has 0 spiro atoms. The molecule has 32 heavy (non-hydrogen) atoms. The molecule has 1 aliphatic rings. The van der Waals surface area contributed by atoms with Gasteiger partial charge in [0.1, 0.15) is 18.3 Å². The molecule has 0 aromatic rings. The molecule has 1 rings (SSSR count). The summed E-state index contributed by atoms with van der Waals surface area (Å²) < 4.78 is 23.5. The van der Waals surface area contributed by atoms with Gasteiger partial charge in [-0.3, -0.25) is 4.79 Å². The number of esters is 1. The average Bonchev–Trinajstić information content (AvgIpc) is 2.69. The van der Waals surface area contributed by atoms with Crippen molar-refractivity contribution in [3.63, 3.8) is 0 Å². The highest BCUT2D eigenvalue weighted by Crippen LogP contribution is 2.37. The highest BCUT2D eigenvalue weighted by molar-refractivity contribution is 6.74. The molecule has 1 saturated heterocycles. The van der Waals surface area contributed by atoms with Gasteiger partial charge < -0.3 is 28.8 Å². The summed E-state index contributed by atoms with van der Waals surface area (Å²) in [5, 5.41) is 21.6. The van der Waals surface area contributed by atoms with Gasteiger partial charge >= 0.3 is 5.97 Å². The molecular weight excluding hydrogens is 428 g/mol. The number of aliphatic hydroxyl groups is 2. The molecule has 0 amide bonds. The average molecular weight is 477 g/mol. The van der Waals surface area contributed by atoms with Crippen LogP contribution in [0.3, 0.4) is 0 Å². The van der Waals surface area contributed by atoms with Crippen LogP contribution in [0.2, 0.25) is 18.1 Å². The number of rotatable bonds is 13. The van der Waals surface area contributed by atoms with E-state index in [1.807, 2.05) is 0 Å². The number of hydrogen-bond acceptors (Lipinski definition) is 7. The van der Waals surface area contributed by atoms with Crippen LogP contribution in [-0.2, 0) is 23.4 Å². The van der Waals surface area contributed by atoms with E-state index in [1.165, 1.54) is 19.3 Å². The summed E-state index contributed by atoms with van der Waals surface area (Å²) >= 11 is 0. The molecule has 0 unspecified atom stereocenters. The van der Waals surface area contributed by atoms with Gasteiger partial charge in [0, 0.05) is 6.61 Å². The highest BCUT2D eigenvalue weighted by atomic mass is 28.4. The molecule has 0 aromatic carbocycles. The molecule has 1 aliphatic heterocycles. The Bertz CT molecular complexity index is 547. The van der Waals surface area contributed by atoms with E-state index in [2.05, 4.69) is 40.8 Å². The quantitative estimate of drug-likeness (QED) is 0.231. The number of unbranched alkanes of at least 4 members (excludes halogenated alkanes) is 5. The fourth-order valence-corrected chi connectivity index (χ4v) is 4.19. The molecule has 8 heteroatoms. The van der Waals surface area contributed by atoms with E-state index in [-0.39, 0.29) is 17.6 Å². The van der Waals surface area contributed by atoms with Crippen LogP contribution >= 0.6 is 0 Å². The Hall–Kier alpha value is -0.513. The zero-order valence-corrected chi connectivity index (χ0v) is 22.6. The SMILES string of the molecule is CCCCCCCCO[C@@H]1O[C@H](CO[Si](C)(C)C(C)(C)C)[C@@H](O)[C@H](OC(=O)C(C)C)[C@H]1O. The van der Waals surface area contributed by atoms with Gasteiger partial charge in [-0.2, -0.15) is 0 Å². The van der Waals surface area contributed by atoms with E-state index in [1.54, 1.807) is 13.8 Å². The Morgan fingerprint density at radius 2 is 1.62 bits per heavy atom. The lowest BCUT2D eigenvalue weighted by Gasteiger charge is -2.44. The first kappa shape index (κ1) is 29.5. The second kappa shape index (κ2) is 13.4. The van der Waals surface area contributed by atoms with Gasteiger partial charge in [-0.15, -0.1) is 0 Å². The standard InChI is InChI=1S/C24H48O7Si/c1-9-10-11-12-13-14-15-28-23-20(26)21(31-22(27)17(2)3)19(25)18(30-23)16-29-32(7,8)24(4,5)6/h17-21,23,25-26H,9-16H2,1-8H3/t18-,19-,20-,21+,23-/m1/s1. The van der Waals surface area contributed by atoms with Crippen LogP contribution < -0.4 is 0 Å². The van der Waals surface area contributed by atoms with Gasteiger partial charge in [0.15, 0.2) is 20.7 Å². The summed E-state index contributed by atoms with van der Waals surface area (Å²) in [6.07, 6.45) is 1.39. The molecule has 7 nitrogen and oxygen atoms in total. The maximum absolute atomic E-state index is 12.2. The molecule has 0 saturated carbocycles. The number of hydrogen-bond donors (Lipinski definition) is 2. The van der Waals surface area contributed by atoms with Crippen molar-refractivity contribution < 1.29 is 33.6 Å². The third kappa shape index (κ3) is 9.03. The van der Waals surface area contributed by atoms with Gasteiger partial charge in [-0.1, -0.05) is 73.6 Å². The van der Waals surface area contributed by atoms with Gasteiger partial charge in [-0.05, 0) is 24.6 Å². The molecule has 0 bridgehead atoms. The molecule has 2 N–H and O–H groups in total. The summed E-state index contributed by atoms with van der Waals surface area (Å²) in [7, 11) is -2.08. The minimum absolute atomic E-state index is 0.00329. The molecule has 0 radical (unpaired) electrons. The zero-order valence-electron chi connectivity index (χ0n) is 21.6. The largest absolute Gasteiger partial charge is 0.456 e. The van der Waals surface area contributed by atoms with Gasteiger partial charge in [0.2, 0.25) is 0 Å². The van der Waals surface area contributed by atoms with Crippen LogP contribution in [0.5, 0.6) is 0 Å². The van der Waals surface area contributed by atoms with Crippen LogP contribution in [0.4, 0.5) is 0 Å². The predicted octanol–water partition coefficient (Wildman–Crippen LogP) is 4.40. The third-order valence-corrected chi connectivity index (χ3v) is 11.1. The Morgan fingerprint density at radius 3 is 2.19 bits per heavy atom. The highest BCUT2D eigenvalue weighted by Gasteiger charge is 2.48. The second-order valence-corrected chi connectivity index (χ2v) is 15.6. The summed E-state index contributed by atoms with van der Waals surface area (Å²) in [6, 6.07) is 0. The summed E-state index contributed by atoms with van der Waals surface area (Å²) in [5.41, 5.74) is 0. The monoisotopic (exact) mass is 476 g/mol. The lowest BCUT2D eigenvalue weighted by Crippen LogP contribution is -2.61. The lowest BCUT2D eigenvalue weighted by molar-refractivity contribution is -0.303. The Morgan fingerprint density at radius 1 is 1.03 bits per heavy atom. The number of ether oxygens (including phenoxy) is 3. The van der Waals surface area contributed by atoms with Crippen molar-refractivity contribution in [3.8, 4) is 0 Å². The van der Waals surface area contributed by atoms with Crippen molar-refractivity contribution in [1.29, 1.82) is 0 Å². The zero-order chi connectivity index (χ0) is 24.5. The van der Waals surface area contributed by atoms with E-state index < -0.39 is 45.0 Å². The van der Waals surface area contributed by atoms with E-state index in [4.69, 9.17) is 18.6 Å². The maximum atomic E-state index is 12.2. The molecular formula is C24H48O7Si. The predicted molar refractivity (Wildman–Crippen MR) is 128 cm³/mol. The lowest BCUT2D eigenvalue weighted by atomic mass is 9.98. The third-order valence-electron chi connectivity index (χ3n) is 6.56. The number of carbonyl (C=O) groups excluding carboxylic acids is 1. The Balaban J connectivity index is 2.79. The smallest absolute Gasteiger partial charge is 0.308 e. The van der Waals surface area contributed by atoms with Crippen LogP contribution in [0.15, 0.2) is 0 Å². The molecule has 0 aromatic heterocycles. The maximum Gasteiger partial charge on any atom is 0.308 e. The summed E-state index contributed by atoms with van der Waals surface area (Å²) in [5.74, 6) is -0.851. The molecule has 190 valence electrons. The Labute approximate surface area is 196 Å². The van der Waals surface area contributed by atoms with Gasteiger partial charge in [0.05, 0.1) is 12.5 Å². The number of carbonyl (C=O) groups is 1. The first-order valence-corrected chi connectivity index (χ1v) is 15.2. The summed E-state index contributed by atoms with van der Waals surface area (Å²) in [6.45, 7) is 16.9. The van der Waals surface area contributed by atoms with Crippen molar-refractivity contribution in [1.82, 2.24) is 0 Å². The van der Waals surface area contributed by atoms with Crippen LogP contribution in [0.25, 0.3) is 0 Å². The van der Waals surface area contributed by atoms with Crippen LogP contribution in [-0.4, -0.2) is 68.4 Å². The molecule has 0 aliphatic carbocycles. The van der Waals surface area contributed by atoms with Gasteiger partial charge in [0.25, 0.3) is 0 Å². The Kier molecular flexibility index (Phi) is 12.4. The minimum atomic E-state index is -2.08. The minimum Gasteiger partial charge on any atom is -0.456 e. The number of aliphatic hydroxyl groups excluding tert-OH is 2. The molecule has 1 heterocycles. The van der Waals surface area contributed by atoms with Crippen molar-refractivity contribution in [3.05, 3.63) is 0 Å². The first-order valence-electron chi connectivity index (χ1n) is 12.3. The van der Waals surface area contributed by atoms with E-state index in [0.717, 1.165) is 19.3 Å². The summed E-state index contributed by atoms with van der Waals surface area (Å²) in [4.78, 5) is 12.2. The first-order chi connectivity index (χ1) is 14.8. The van der Waals surface area contributed by atoms with Crippen molar-refractivity contribution in [2.24, 2.45) is 5.92 Å². The van der Waals surface area contributed by atoms with Crippen LogP contribution in [0.1, 0.15) is 80.1 Å². The normalized spacial score (nSPS) is 27.0. The topological polar surface area (TPSA) is 94.5 Å². The second-order valence-electron chi connectivity index (χ2n) is 10.8. The fraction of sp³-hybridized carbons (Fsp3) is 0.958. The van der Waals surface area contributed by atoms with E-state index >= 15 is 0 Å². The van der Waals surface area contributed by atoms with Gasteiger partial charge in [-0.25, -0.2) is 0 Å². The molecule has 1 fully saturated rings. The van der Waals surface area contributed by atoms with E-state index in [9.17, 15) is 15.0 Å². The fourth-order valence-electron chi connectivity index (χ4n) is 3.18. The van der Waals surface area contributed by atoms with Crippen molar-refractivity contribution in [2.45, 2.75) is 129 Å².